The summed E-state index contributed by atoms with van der Waals surface area (Å²) in [5.74, 6) is 0. The van der Waals surface area contributed by atoms with Crippen molar-refractivity contribution in [1.29, 1.82) is 0 Å². The highest BCUT2D eigenvalue weighted by atomic mass is 79.9. The van der Waals surface area contributed by atoms with Crippen molar-refractivity contribution in [3.8, 4) is 0 Å². The van der Waals surface area contributed by atoms with Crippen molar-refractivity contribution in [2.24, 2.45) is 0 Å². The predicted octanol–water partition coefficient (Wildman–Crippen LogP) is 3.40. The van der Waals surface area contributed by atoms with Crippen LogP contribution in [-0.2, 0) is 0 Å². The molecule has 0 bridgehead atoms. The van der Waals surface area contributed by atoms with Gasteiger partial charge < -0.3 is 4.90 Å². The van der Waals surface area contributed by atoms with E-state index in [-0.39, 0.29) is 17.0 Å². The van der Waals surface area contributed by atoms with Crippen molar-refractivity contribution >= 4 is 38.6 Å². The van der Waals surface area contributed by atoms with Gasteiger partial charge in [0.1, 0.15) is 0 Å². The van der Waals surface area contributed by atoms with Gasteiger partial charge >= 0.3 is 0 Å². The Labute approximate surface area is 99.0 Å². The standard InChI is InChI=1S/C10H14BrN.BrH/c1-9-3-5-10(6-4-9)12(2)8-7-11;/h3-6H,7-8H2,1-2H3;1H. The molecule has 74 valence electrons. The summed E-state index contributed by atoms with van der Waals surface area (Å²) in [6.07, 6.45) is 0. The fourth-order valence-electron chi connectivity index (χ4n) is 1.06. The van der Waals surface area contributed by atoms with Crippen LogP contribution in [0.2, 0.25) is 0 Å². The molecule has 0 aliphatic heterocycles. The molecule has 1 rings (SSSR count). The fourth-order valence-corrected chi connectivity index (χ4v) is 1.59. The summed E-state index contributed by atoms with van der Waals surface area (Å²) < 4.78 is 0. The lowest BCUT2D eigenvalue weighted by Gasteiger charge is -2.17. The van der Waals surface area contributed by atoms with Crippen LogP contribution in [-0.4, -0.2) is 18.9 Å². The molecule has 0 atom stereocenters. The van der Waals surface area contributed by atoms with Crippen molar-refractivity contribution in [3.05, 3.63) is 29.8 Å². The third kappa shape index (κ3) is 4.14. The molecule has 0 saturated heterocycles. The largest absolute Gasteiger partial charge is 0.374 e. The van der Waals surface area contributed by atoms with Gasteiger partial charge in [0.2, 0.25) is 0 Å². The highest BCUT2D eigenvalue weighted by Gasteiger charge is 1.97. The van der Waals surface area contributed by atoms with Crippen LogP contribution in [0.15, 0.2) is 24.3 Å². The Kier molecular flexibility index (Phi) is 6.43. The van der Waals surface area contributed by atoms with Gasteiger partial charge in [0, 0.05) is 24.6 Å². The first-order chi connectivity index (χ1) is 5.74. The number of anilines is 1. The zero-order valence-corrected chi connectivity index (χ0v) is 11.3. The fraction of sp³-hybridized carbons (Fsp3) is 0.400. The Balaban J connectivity index is 0.00000144. The van der Waals surface area contributed by atoms with E-state index in [9.17, 15) is 0 Å². The Bertz CT molecular complexity index is 233. The normalized spacial score (nSPS) is 9.15. The van der Waals surface area contributed by atoms with Gasteiger partial charge in [-0.2, -0.15) is 0 Å². The van der Waals surface area contributed by atoms with E-state index in [0.717, 1.165) is 11.9 Å². The number of rotatable bonds is 3. The summed E-state index contributed by atoms with van der Waals surface area (Å²) >= 11 is 3.42. The Morgan fingerprint density at radius 2 is 1.77 bits per heavy atom. The van der Waals surface area contributed by atoms with Crippen molar-refractivity contribution in [3.63, 3.8) is 0 Å². The average molecular weight is 309 g/mol. The van der Waals surface area contributed by atoms with Crippen LogP contribution < -0.4 is 4.90 Å². The Morgan fingerprint density at radius 3 is 2.23 bits per heavy atom. The second kappa shape index (κ2) is 6.44. The predicted molar refractivity (Wildman–Crippen MR) is 68.6 cm³/mol. The van der Waals surface area contributed by atoms with Crippen molar-refractivity contribution in [2.45, 2.75) is 6.92 Å². The Hall–Kier alpha value is -0.0200. The maximum absolute atomic E-state index is 3.42. The molecule has 0 aliphatic rings. The van der Waals surface area contributed by atoms with Crippen LogP contribution in [0.25, 0.3) is 0 Å². The number of aryl methyl sites for hydroxylation is 1. The number of hydrogen-bond acceptors (Lipinski definition) is 1. The molecule has 0 radical (unpaired) electrons. The molecule has 1 aromatic carbocycles. The van der Waals surface area contributed by atoms with E-state index in [1.165, 1.54) is 11.3 Å². The lowest BCUT2D eigenvalue weighted by atomic mass is 10.2. The first-order valence-corrected chi connectivity index (χ1v) is 5.20. The van der Waals surface area contributed by atoms with Crippen LogP contribution >= 0.6 is 32.9 Å². The number of benzene rings is 1. The van der Waals surface area contributed by atoms with E-state index in [1.807, 2.05) is 0 Å². The van der Waals surface area contributed by atoms with Crippen LogP contribution in [0.3, 0.4) is 0 Å². The average Bonchev–Trinajstić information content (AvgIpc) is 2.06. The zero-order valence-electron chi connectivity index (χ0n) is 7.96. The number of halogens is 2. The third-order valence-electron chi connectivity index (χ3n) is 1.89. The molecule has 0 heterocycles. The van der Waals surface area contributed by atoms with Gasteiger partial charge in [-0.05, 0) is 19.1 Å². The van der Waals surface area contributed by atoms with Gasteiger partial charge in [-0.25, -0.2) is 0 Å². The number of nitrogens with zero attached hydrogens (tertiary/aromatic N) is 1. The summed E-state index contributed by atoms with van der Waals surface area (Å²) in [6, 6.07) is 8.58. The third-order valence-corrected chi connectivity index (χ3v) is 2.25. The van der Waals surface area contributed by atoms with E-state index in [1.54, 1.807) is 0 Å². The topological polar surface area (TPSA) is 3.24 Å². The maximum atomic E-state index is 3.42. The Morgan fingerprint density at radius 1 is 1.23 bits per heavy atom. The first kappa shape index (κ1) is 13.0. The lowest BCUT2D eigenvalue weighted by molar-refractivity contribution is 0.982. The van der Waals surface area contributed by atoms with Crippen LogP contribution in [0, 0.1) is 6.92 Å². The molecule has 0 aromatic heterocycles. The van der Waals surface area contributed by atoms with Gasteiger partial charge in [-0.15, -0.1) is 17.0 Å². The van der Waals surface area contributed by atoms with Gasteiger partial charge in [0.05, 0.1) is 0 Å². The highest BCUT2D eigenvalue weighted by Crippen LogP contribution is 2.12. The molecule has 3 heteroatoms. The summed E-state index contributed by atoms with van der Waals surface area (Å²) in [7, 11) is 2.10. The maximum Gasteiger partial charge on any atom is 0.0364 e. The minimum absolute atomic E-state index is 0. The van der Waals surface area contributed by atoms with Crippen molar-refractivity contribution in [2.75, 3.05) is 23.8 Å². The van der Waals surface area contributed by atoms with Gasteiger partial charge in [-0.1, -0.05) is 33.6 Å². The second-order valence-corrected chi connectivity index (χ2v) is 3.74. The molecule has 0 amide bonds. The van der Waals surface area contributed by atoms with Crippen molar-refractivity contribution in [1.82, 2.24) is 0 Å². The quantitative estimate of drug-likeness (QED) is 0.774. The summed E-state index contributed by atoms with van der Waals surface area (Å²) in [5, 5.41) is 1.01. The van der Waals surface area contributed by atoms with E-state index in [2.05, 4.69) is 59.1 Å². The first-order valence-electron chi connectivity index (χ1n) is 4.08. The SMILES string of the molecule is Br.Cc1ccc(N(C)CCBr)cc1. The van der Waals surface area contributed by atoms with Crippen LogP contribution in [0.4, 0.5) is 5.69 Å². The molecule has 0 unspecified atom stereocenters. The number of hydrogen-bond donors (Lipinski definition) is 0. The van der Waals surface area contributed by atoms with E-state index < -0.39 is 0 Å². The molecular formula is C10H15Br2N. The minimum Gasteiger partial charge on any atom is -0.374 e. The molecule has 1 nitrogen and oxygen atoms in total. The van der Waals surface area contributed by atoms with E-state index in [4.69, 9.17) is 0 Å². The summed E-state index contributed by atoms with van der Waals surface area (Å²) in [5.41, 5.74) is 2.59. The summed E-state index contributed by atoms with van der Waals surface area (Å²) in [4.78, 5) is 2.23. The molecule has 0 N–H and O–H groups in total. The molecule has 13 heavy (non-hydrogen) atoms. The van der Waals surface area contributed by atoms with Crippen LogP contribution in [0.5, 0.6) is 0 Å². The van der Waals surface area contributed by atoms with E-state index in [0.29, 0.717) is 0 Å². The molecular weight excluding hydrogens is 294 g/mol. The van der Waals surface area contributed by atoms with Gasteiger partial charge in [0.25, 0.3) is 0 Å². The monoisotopic (exact) mass is 307 g/mol. The summed E-state index contributed by atoms with van der Waals surface area (Å²) in [6.45, 7) is 3.15. The van der Waals surface area contributed by atoms with Crippen LogP contribution in [0.1, 0.15) is 5.56 Å². The second-order valence-electron chi connectivity index (χ2n) is 2.95. The smallest absolute Gasteiger partial charge is 0.0364 e. The molecule has 0 fully saturated rings. The van der Waals surface area contributed by atoms with Gasteiger partial charge in [0.15, 0.2) is 0 Å². The molecule has 0 spiro atoms. The molecule has 0 aliphatic carbocycles. The van der Waals surface area contributed by atoms with Crippen molar-refractivity contribution < 1.29 is 0 Å². The van der Waals surface area contributed by atoms with Gasteiger partial charge in [-0.3, -0.25) is 0 Å². The zero-order chi connectivity index (χ0) is 8.97. The highest BCUT2D eigenvalue weighted by molar-refractivity contribution is 9.09. The lowest BCUT2D eigenvalue weighted by Crippen LogP contribution is -2.19. The molecule has 0 saturated carbocycles. The molecule has 1 aromatic rings. The number of alkyl halides is 1. The van der Waals surface area contributed by atoms with E-state index >= 15 is 0 Å². The minimum atomic E-state index is 0.